The Bertz CT molecular complexity index is 927. The molecule has 26 heavy (non-hydrogen) atoms. The van der Waals surface area contributed by atoms with Crippen LogP contribution in [0, 0.1) is 0 Å². The summed E-state index contributed by atoms with van der Waals surface area (Å²) in [6.07, 6.45) is 1.51. The van der Waals surface area contributed by atoms with Gasteiger partial charge < -0.3 is 9.84 Å². The minimum atomic E-state index is -0.160. The first-order valence-electron chi connectivity index (χ1n) is 9.11. The summed E-state index contributed by atoms with van der Waals surface area (Å²) in [6.45, 7) is 2.87. The van der Waals surface area contributed by atoms with E-state index < -0.39 is 0 Å². The highest BCUT2D eigenvalue weighted by Gasteiger charge is 2.31. The summed E-state index contributed by atoms with van der Waals surface area (Å²) in [4.78, 5) is 19.1. The quantitative estimate of drug-likeness (QED) is 0.774. The van der Waals surface area contributed by atoms with Crippen LogP contribution in [-0.4, -0.2) is 47.2 Å². The zero-order valence-corrected chi connectivity index (χ0v) is 14.4. The van der Waals surface area contributed by atoms with E-state index in [1.54, 1.807) is 0 Å². The van der Waals surface area contributed by atoms with Crippen molar-refractivity contribution in [1.82, 2.24) is 4.90 Å². The Kier molecular flexibility index (Phi) is 3.65. The van der Waals surface area contributed by atoms with Crippen LogP contribution in [0.2, 0.25) is 0 Å². The maximum absolute atomic E-state index is 12.2. The van der Waals surface area contributed by atoms with E-state index in [0.717, 1.165) is 55.1 Å². The lowest BCUT2D eigenvalue weighted by Gasteiger charge is -2.30. The Morgan fingerprint density at radius 2 is 1.96 bits per heavy atom. The summed E-state index contributed by atoms with van der Waals surface area (Å²) in [7, 11) is 0. The normalized spacial score (nSPS) is 19.4. The zero-order valence-electron chi connectivity index (χ0n) is 14.4. The summed E-state index contributed by atoms with van der Waals surface area (Å²) in [6, 6.07) is 11.8. The Labute approximate surface area is 151 Å². The van der Waals surface area contributed by atoms with Crippen LogP contribution in [0.25, 0.3) is 0 Å². The van der Waals surface area contributed by atoms with Crippen LogP contribution < -0.4 is 4.74 Å². The van der Waals surface area contributed by atoms with E-state index >= 15 is 0 Å². The third kappa shape index (κ3) is 2.55. The highest BCUT2D eigenvalue weighted by Crippen LogP contribution is 2.40. The lowest BCUT2D eigenvalue weighted by atomic mass is 9.89. The van der Waals surface area contributed by atoms with E-state index in [1.807, 2.05) is 24.3 Å². The molecule has 0 unspecified atom stereocenters. The number of benzene rings is 2. The zero-order chi connectivity index (χ0) is 17.7. The molecule has 5 heteroatoms. The van der Waals surface area contributed by atoms with Crippen molar-refractivity contribution in [3.63, 3.8) is 0 Å². The topological polar surface area (TPSA) is 62.1 Å². The third-order valence-corrected chi connectivity index (χ3v) is 5.43. The first kappa shape index (κ1) is 15.7. The second-order valence-electron chi connectivity index (χ2n) is 7.21. The number of hydrogen-bond donors (Lipinski definition) is 1. The molecule has 5 rings (SSSR count). The molecule has 0 amide bonds. The minimum absolute atomic E-state index is 0.0423. The molecule has 3 aliphatic rings. The van der Waals surface area contributed by atoms with Crippen molar-refractivity contribution in [3.8, 4) is 11.5 Å². The highest BCUT2D eigenvalue weighted by molar-refractivity contribution is 6.25. The summed E-state index contributed by atoms with van der Waals surface area (Å²) < 4.78 is 6.05. The van der Waals surface area contributed by atoms with Crippen LogP contribution in [-0.2, 0) is 6.54 Å². The second-order valence-corrected chi connectivity index (χ2v) is 7.21. The number of aliphatic hydroxyl groups is 1. The van der Waals surface area contributed by atoms with Crippen molar-refractivity contribution in [1.29, 1.82) is 0 Å². The number of likely N-dealkylation sites (tertiary alicyclic amines) is 1. The standard InChI is InChI=1S/C21H20N2O3/c24-14-6-8-23(9-7-14)12-13-4-5-18-16(10-13)21-20-15(17(25)11-22-21)2-1-3-19(20)26-18/h1-5,10,14,24H,6-9,11-12H2. The van der Waals surface area contributed by atoms with Gasteiger partial charge in [-0.05, 0) is 36.6 Å². The number of ether oxygens (including phenoxy) is 1. The van der Waals surface area contributed by atoms with Crippen LogP contribution >= 0.6 is 0 Å². The number of nitrogens with zero attached hydrogens (tertiary/aromatic N) is 2. The SMILES string of the molecule is O=C1CN=C2c3cc(CN4CCC(O)CC4)ccc3Oc3cccc1c32. The average molecular weight is 348 g/mol. The smallest absolute Gasteiger partial charge is 0.185 e. The molecule has 0 spiro atoms. The van der Waals surface area contributed by atoms with Gasteiger partial charge in [0.15, 0.2) is 5.78 Å². The van der Waals surface area contributed by atoms with Crippen molar-refractivity contribution >= 4 is 11.5 Å². The number of aliphatic hydroxyl groups excluding tert-OH is 1. The molecule has 5 nitrogen and oxygen atoms in total. The van der Waals surface area contributed by atoms with Crippen molar-refractivity contribution < 1.29 is 14.6 Å². The van der Waals surface area contributed by atoms with Crippen LogP contribution in [0.1, 0.15) is 39.9 Å². The fraction of sp³-hybridized carbons (Fsp3) is 0.333. The number of ketones is 1. The first-order valence-corrected chi connectivity index (χ1v) is 9.11. The lowest BCUT2D eigenvalue weighted by molar-refractivity contribution is 0.0792. The molecule has 3 heterocycles. The van der Waals surface area contributed by atoms with Crippen molar-refractivity contribution in [2.24, 2.45) is 4.99 Å². The van der Waals surface area contributed by atoms with Gasteiger partial charge in [-0.1, -0.05) is 18.2 Å². The number of rotatable bonds is 2. The molecular formula is C21H20N2O3. The van der Waals surface area contributed by atoms with E-state index in [4.69, 9.17) is 4.74 Å². The number of carbonyl (C=O) groups is 1. The summed E-state index contributed by atoms with van der Waals surface area (Å²) in [5, 5.41) is 9.68. The van der Waals surface area contributed by atoms with Crippen molar-refractivity contribution in [2.75, 3.05) is 19.6 Å². The molecule has 3 aliphatic heterocycles. The van der Waals surface area contributed by atoms with Gasteiger partial charge in [-0.3, -0.25) is 14.7 Å². The monoisotopic (exact) mass is 348 g/mol. The van der Waals surface area contributed by atoms with Gasteiger partial charge in [-0.15, -0.1) is 0 Å². The molecule has 0 saturated carbocycles. The Morgan fingerprint density at radius 3 is 2.81 bits per heavy atom. The number of hydrogen-bond acceptors (Lipinski definition) is 5. The van der Waals surface area contributed by atoms with E-state index in [9.17, 15) is 9.90 Å². The maximum Gasteiger partial charge on any atom is 0.185 e. The number of fused-ring (bicyclic) bond motifs is 2. The van der Waals surface area contributed by atoms with Gasteiger partial charge in [0.1, 0.15) is 18.0 Å². The second kappa shape index (κ2) is 6.04. The predicted octanol–water partition coefficient (Wildman–Crippen LogP) is 2.78. The summed E-state index contributed by atoms with van der Waals surface area (Å²) in [5.74, 6) is 1.54. The fourth-order valence-electron chi connectivity index (χ4n) is 4.03. The molecular weight excluding hydrogens is 328 g/mol. The summed E-state index contributed by atoms with van der Waals surface area (Å²) >= 11 is 0. The molecule has 2 aromatic carbocycles. The van der Waals surface area contributed by atoms with Crippen molar-refractivity contribution in [3.05, 3.63) is 58.7 Å². The van der Waals surface area contributed by atoms with E-state index in [1.165, 1.54) is 5.56 Å². The Hall–Kier alpha value is -2.50. The van der Waals surface area contributed by atoms with Gasteiger partial charge in [0, 0.05) is 30.8 Å². The van der Waals surface area contributed by atoms with Crippen molar-refractivity contribution in [2.45, 2.75) is 25.5 Å². The van der Waals surface area contributed by atoms with Gasteiger partial charge in [0.05, 0.1) is 17.4 Å². The molecule has 2 aromatic rings. The van der Waals surface area contributed by atoms with E-state index in [-0.39, 0.29) is 18.4 Å². The molecule has 1 N–H and O–H groups in total. The number of piperidine rings is 1. The van der Waals surface area contributed by atoms with Crippen LogP contribution in [0.5, 0.6) is 11.5 Å². The van der Waals surface area contributed by atoms with Crippen LogP contribution in [0.3, 0.4) is 0 Å². The molecule has 0 bridgehead atoms. The molecule has 132 valence electrons. The molecule has 0 radical (unpaired) electrons. The van der Waals surface area contributed by atoms with Gasteiger partial charge in [-0.2, -0.15) is 0 Å². The minimum Gasteiger partial charge on any atom is -0.456 e. The molecule has 0 aromatic heterocycles. The van der Waals surface area contributed by atoms with Crippen LogP contribution in [0.15, 0.2) is 41.4 Å². The number of Topliss-reactive ketones (excluding diaryl/α,β-unsaturated/α-hetero) is 1. The Morgan fingerprint density at radius 1 is 1.12 bits per heavy atom. The predicted molar refractivity (Wildman–Crippen MR) is 98.3 cm³/mol. The van der Waals surface area contributed by atoms with E-state index in [0.29, 0.717) is 11.3 Å². The number of carbonyl (C=O) groups excluding carboxylic acids is 1. The average Bonchev–Trinajstić information content (AvgIpc) is 2.66. The molecule has 0 aliphatic carbocycles. The molecule has 1 fully saturated rings. The highest BCUT2D eigenvalue weighted by atomic mass is 16.5. The fourth-order valence-corrected chi connectivity index (χ4v) is 4.03. The van der Waals surface area contributed by atoms with E-state index in [2.05, 4.69) is 22.0 Å². The van der Waals surface area contributed by atoms with Gasteiger partial charge >= 0.3 is 0 Å². The van der Waals surface area contributed by atoms with Gasteiger partial charge in [0.25, 0.3) is 0 Å². The summed E-state index contributed by atoms with van der Waals surface area (Å²) in [5.41, 5.74) is 4.56. The Balaban J connectivity index is 1.49. The third-order valence-electron chi connectivity index (χ3n) is 5.43. The van der Waals surface area contributed by atoms with Gasteiger partial charge in [-0.25, -0.2) is 0 Å². The first-order chi connectivity index (χ1) is 12.7. The van der Waals surface area contributed by atoms with Gasteiger partial charge in [0.2, 0.25) is 0 Å². The van der Waals surface area contributed by atoms with Crippen LogP contribution in [0.4, 0.5) is 0 Å². The molecule has 0 atom stereocenters. The largest absolute Gasteiger partial charge is 0.456 e. The maximum atomic E-state index is 12.2. The molecule has 1 saturated heterocycles. The lowest BCUT2D eigenvalue weighted by Crippen LogP contribution is -2.35. The number of aliphatic imine (C=N–C) groups is 1.